The molecule has 128 valence electrons. The molecule has 2 rings (SSSR count). The first kappa shape index (κ1) is 18.0. The molecule has 1 aromatic carbocycles. The second kappa shape index (κ2) is 9.71. The van der Waals surface area contributed by atoms with Crippen molar-refractivity contribution in [3.63, 3.8) is 0 Å². The molecule has 1 amide bonds. The van der Waals surface area contributed by atoms with Gasteiger partial charge >= 0.3 is 0 Å². The van der Waals surface area contributed by atoms with Crippen molar-refractivity contribution in [1.82, 2.24) is 10.2 Å². The minimum atomic E-state index is 0.167. The van der Waals surface area contributed by atoms with Crippen LogP contribution in [0.25, 0.3) is 0 Å². The maximum Gasteiger partial charge on any atom is 0.224 e. The number of hydrogen-bond donors (Lipinski definition) is 1. The topological polar surface area (TPSA) is 32.3 Å². The summed E-state index contributed by atoms with van der Waals surface area (Å²) in [5, 5.41) is 3.21. The lowest BCUT2D eigenvalue weighted by Gasteiger charge is -2.32. The first-order chi connectivity index (χ1) is 11.2. The number of benzene rings is 1. The molecule has 1 saturated heterocycles. The minimum absolute atomic E-state index is 0.167. The van der Waals surface area contributed by atoms with Gasteiger partial charge in [0.1, 0.15) is 0 Å². The summed E-state index contributed by atoms with van der Waals surface area (Å²) in [6.45, 7) is 7.85. The van der Waals surface area contributed by atoms with Crippen LogP contribution in [0.1, 0.15) is 57.1 Å². The molecule has 1 aromatic rings. The Kier molecular flexibility index (Phi) is 7.60. The zero-order valence-electron chi connectivity index (χ0n) is 14.8. The van der Waals surface area contributed by atoms with Crippen molar-refractivity contribution in [1.29, 1.82) is 0 Å². The lowest BCUT2D eigenvalue weighted by atomic mass is 10.0. The van der Waals surface area contributed by atoms with Crippen LogP contribution >= 0.6 is 0 Å². The van der Waals surface area contributed by atoms with E-state index in [1.54, 1.807) is 0 Å². The van der Waals surface area contributed by atoms with E-state index in [0.717, 1.165) is 37.9 Å². The first-order valence-corrected chi connectivity index (χ1v) is 9.30. The van der Waals surface area contributed by atoms with E-state index in [1.807, 2.05) is 0 Å². The first-order valence-electron chi connectivity index (χ1n) is 9.30. The lowest BCUT2D eigenvalue weighted by Crippen LogP contribution is -2.45. The standard InChI is InChI=1S/C20H32N2O/c1-3-5-6-17-7-9-18(10-8-17)16-20(23)21-19-11-14-22(13-4-2)15-12-19/h7-10,19H,3-6,11-16H2,1-2H3,(H,21,23). The molecule has 0 bridgehead atoms. The monoisotopic (exact) mass is 316 g/mol. The van der Waals surface area contributed by atoms with E-state index in [9.17, 15) is 4.79 Å². The molecular weight excluding hydrogens is 284 g/mol. The van der Waals surface area contributed by atoms with Crippen molar-refractivity contribution in [2.45, 2.75) is 64.8 Å². The quantitative estimate of drug-likeness (QED) is 0.795. The van der Waals surface area contributed by atoms with E-state index in [4.69, 9.17) is 0 Å². The molecule has 0 atom stereocenters. The molecule has 1 N–H and O–H groups in total. The Morgan fingerprint density at radius 3 is 2.35 bits per heavy atom. The number of amides is 1. The van der Waals surface area contributed by atoms with Crippen LogP contribution in [0.4, 0.5) is 0 Å². The van der Waals surface area contributed by atoms with Crippen molar-refractivity contribution < 1.29 is 4.79 Å². The van der Waals surface area contributed by atoms with Crippen LogP contribution in [0.3, 0.4) is 0 Å². The predicted octanol–water partition coefficient (Wildman–Crippen LogP) is 3.56. The van der Waals surface area contributed by atoms with Crippen LogP contribution in [-0.4, -0.2) is 36.5 Å². The van der Waals surface area contributed by atoms with Gasteiger partial charge in [-0.2, -0.15) is 0 Å². The number of nitrogens with zero attached hydrogens (tertiary/aromatic N) is 1. The Balaban J connectivity index is 1.72. The molecular formula is C20H32N2O. The zero-order chi connectivity index (χ0) is 16.5. The van der Waals surface area contributed by atoms with E-state index in [2.05, 4.69) is 48.3 Å². The molecule has 0 aromatic heterocycles. The lowest BCUT2D eigenvalue weighted by molar-refractivity contribution is -0.121. The highest BCUT2D eigenvalue weighted by Gasteiger charge is 2.19. The molecule has 0 aliphatic carbocycles. The van der Waals surface area contributed by atoms with Crippen LogP contribution in [0, 0.1) is 0 Å². The number of nitrogens with one attached hydrogen (secondary N) is 1. The fourth-order valence-electron chi connectivity index (χ4n) is 3.29. The molecule has 0 radical (unpaired) electrons. The fraction of sp³-hybridized carbons (Fsp3) is 0.650. The molecule has 0 saturated carbocycles. The van der Waals surface area contributed by atoms with Crippen molar-refractivity contribution in [3.8, 4) is 0 Å². The highest BCUT2D eigenvalue weighted by Crippen LogP contribution is 2.12. The summed E-state index contributed by atoms with van der Waals surface area (Å²) < 4.78 is 0. The van der Waals surface area contributed by atoms with Gasteiger partial charge in [0.2, 0.25) is 5.91 Å². The van der Waals surface area contributed by atoms with E-state index in [-0.39, 0.29) is 5.91 Å². The summed E-state index contributed by atoms with van der Waals surface area (Å²) in [6.07, 6.45) is 7.48. The van der Waals surface area contributed by atoms with Gasteiger partial charge in [-0.3, -0.25) is 4.79 Å². The second-order valence-corrected chi connectivity index (χ2v) is 6.78. The summed E-state index contributed by atoms with van der Waals surface area (Å²) in [7, 11) is 0. The molecule has 1 aliphatic rings. The summed E-state index contributed by atoms with van der Waals surface area (Å²) in [6, 6.07) is 8.91. The molecule has 1 heterocycles. The average molecular weight is 316 g/mol. The largest absolute Gasteiger partial charge is 0.353 e. The number of carbonyl (C=O) groups excluding carboxylic acids is 1. The Morgan fingerprint density at radius 1 is 1.09 bits per heavy atom. The SMILES string of the molecule is CCCCc1ccc(CC(=O)NC2CCN(CCC)CC2)cc1. The van der Waals surface area contributed by atoms with Crippen LogP contribution in [0.5, 0.6) is 0 Å². The Labute approximate surface area is 141 Å². The van der Waals surface area contributed by atoms with Gasteiger partial charge in [0.15, 0.2) is 0 Å². The van der Waals surface area contributed by atoms with E-state index >= 15 is 0 Å². The summed E-state index contributed by atoms with van der Waals surface area (Å²) in [4.78, 5) is 14.7. The molecule has 0 unspecified atom stereocenters. The number of aryl methyl sites for hydroxylation is 1. The number of piperidine rings is 1. The molecule has 23 heavy (non-hydrogen) atoms. The van der Waals surface area contributed by atoms with Crippen LogP contribution in [0.2, 0.25) is 0 Å². The average Bonchev–Trinajstić information content (AvgIpc) is 2.56. The van der Waals surface area contributed by atoms with Crippen LogP contribution < -0.4 is 5.32 Å². The third-order valence-corrected chi connectivity index (χ3v) is 4.70. The number of unbranched alkanes of at least 4 members (excludes halogenated alkanes) is 1. The molecule has 1 aliphatic heterocycles. The van der Waals surface area contributed by atoms with Gasteiger partial charge < -0.3 is 10.2 Å². The zero-order valence-corrected chi connectivity index (χ0v) is 14.8. The van der Waals surface area contributed by atoms with Crippen molar-refractivity contribution >= 4 is 5.91 Å². The third-order valence-electron chi connectivity index (χ3n) is 4.70. The van der Waals surface area contributed by atoms with Gasteiger partial charge in [-0.1, -0.05) is 44.5 Å². The highest BCUT2D eigenvalue weighted by atomic mass is 16.1. The van der Waals surface area contributed by atoms with Crippen LogP contribution in [0.15, 0.2) is 24.3 Å². The van der Waals surface area contributed by atoms with Gasteiger partial charge in [-0.25, -0.2) is 0 Å². The molecule has 3 heteroatoms. The molecule has 1 fully saturated rings. The van der Waals surface area contributed by atoms with Crippen molar-refractivity contribution in [3.05, 3.63) is 35.4 Å². The highest BCUT2D eigenvalue weighted by molar-refractivity contribution is 5.78. The molecule has 0 spiro atoms. The Hall–Kier alpha value is -1.35. The van der Waals surface area contributed by atoms with E-state index in [1.165, 1.54) is 31.4 Å². The number of hydrogen-bond acceptors (Lipinski definition) is 2. The van der Waals surface area contributed by atoms with E-state index < -0.39 is 0 Å². The Morgan fingerprint density at radius 2 is 1.74 bits per heavy atom. The number of rotatable bonds is 8. The normalized spacial score (nSPS) is 16.4. The summed E-state index contributed by atoms with van der Waals surface area (Å²) in [5.74, 6) is 0.167. The fourth-order valence-corrected chi connectivity index (χ4v) is 3.29. The van der Waals surface area contributed by atoms with Crippen LogP contribution in [-0.2, 0) is 17.6 Å². The maximum absolute atomic E-state index is 12.2. The molecule has 3 nitrogen and oxygen atoms in total. The van der Waals surface area contributed by atoms with Gasteiger partial charge in [-0.05, 0) is 49.8 Å². The van der Waals surface area contributed by atoms with Gasteiger partial charge in [0.05, 0.1) is 6.42 Å². The number of carbonyl (C=O) groups is 1. The summed E-state index contributed by atoms with van der Waals surface area (Å²) in [5.41, 5.74) is 2.49. The second-order valence-electron chi connectivity index (χ2n) is 6.78. The Bertz CT molecular complexity index is 461. The minimum Gasteiger partial charge on any atom is -0.353 e. The van der Waals surface area contributed by atoms with E-state index in [0.29, 0.717) is 12.5 Å². The predicted molar refractivity (Wildman–Crippen MR) is 96.7 cm³/mol. The van der Waals surface area contributed by atoms with Crippen molar-refractivity contribution in [2.24, 2.45) is 0 Å². The van der Waals surface area contributed by atoms with Gasteiger partial charge in [0, 0.05) is 19.1 Å². The van der Waals surface area contributed by atoms with Gasteiger partial charge in [0.25, 0.3) is 0 Å². The number of likely N-dealkylation sites (tertiary alicyclic amines) is 1. The summed E-state index contributed by atoms with van der Waals surface area (Å²) >= 11 is 0. The van der Waals surface area contributed by atoms with Crippen molar-refractivity contribution in [2.75, 3.05) is 19.6 Å². The maximum atomic E-state index is 12.2. The third kappa shape index (κ3) is 6.34. The smallest absolute Gasteiger partial charge is 0.224 e. The van der Waals surface area contributed by atoms with Gasteiger partial charge in [-0.15, -0.1) is 0 Å².